The number of aromatic hydroxyl groups is 1. The Labute approximate surface area is 275 Å². The Morgan fingerprint density at radius 3 is 2.40 bits per heavy atom. The summed E-state index contributed by atoms with van der Waals surface area (Å²) in [7, 11) is 0. The summed E-state index contributed by atoms with van der Waals surface area (Å²) < 4.78 is 0. The van der Waals surface area contributed by atoms with Gasteiger partial charge in [0.15, 0.2) is 0 Å². The van der Waals surface area contributed by atoms with E-state index in [2.05, 4.69) is 11.9 Å². The Kier molecular flexibility index (Phi) is 9.68. The maximum absolute atomic E-state index is 14.3. The van der Waals surface area contributed by atoms with Crippen molar-refractivity contribution < 1.29 is 24.3 Å². The summed E-state index contributed by atoms with van der Waals surface area (Å²) in [6.45, 7) is 5.07. The molecule has 10 nitrogen and oxygen atoms in total. The predicted molar refractivity (Wildman–Crippen MR) is 177 cm³/mol. The first-order valence-electron chi connectivity index (χ1n) is 16.3. The molecule has 3 fully saturated rings. The molecule has 1 aliphatic carbocycles. The molecule has 47 heavy (non-hydrogen) atoms. The zero-order valence-electron chi connectivity index (χ0n) is 26.5. The number of hydrogen-bond acceptors (Lipinski definition) is 6. The first-order valence-corrected chi connectivity index (χ1v) is 16.3. The van der Waals surface area contributed by atoms with Gasteiger partial charge in [0.1, 0.15) is 18.0 Å². The number of carbonyl (C=O) groups excluding carboxylic acids is 4. The van der Waals surface area contributed by atoms with E-state index in [9.17, 15) is 24.3 Å². The lowest BCUT2D eigenvalue weighted by Gasteiger charge is -2.55. The number of phenols is 1. The van der Waals surface area contributed by atoms with Crippen molar-refractivity contribution in [1.29, 1.82) is 0 Å². The fourth-order valence-electron chi connectivity index (χ4n) is 6.46. The zero-order valence-corrected chi connectivity index (χ0v) is 26.5. The molecule has 0 radical (unpaired) electrons. The monoisotopic (exact) mass is 635 g/mol. The highest BCUT2D eigenvalue weighted by Gasteiger charge is 2.51. The average Bonchev–Trinajstić information content (AvgIpc) is 3.91. The van der Waals surface area contributed by atoms with Gasteiger partial charge in [0.2, 0.25) is 17.7 Å². The van der Waals surface area contributed by atoms with Crippen molar-refractivity contribution in [3.05, 3.63) is 114 Å². The SMILES string of the molecule is C=CCN1CC(=O)N2[C@@H](Cc3ccc(O)cc3)C(=O)N(Cc3cccc(C(=O)NCC4CC4)c3)C[C@@H]2N1C(=O)CCc1ccccc1. The Balaban J connectivity index is 1.30. The van der Waals surface area contributed by atoms with E-state index >= 15 is 0 Å². The summed E-state index contributed by atoms with van der Waals surface area (Å²) in [5, 5.41) is 16.2. The van der Waals surface area contributed by atoms with Gasteiger partial charge in [-0.1, -0.05) is 60.7 Å². The number of fused-ring (bicyclic) bond motifs is 1. The average molecular weight is 636 g/mol. The Morgan fingerprint density at radius 1 is 0.936 bits per heavy atom. The van der Waals surface area contributed by atoms with Gasteiger partial charge < -0.3 is 20.2 Å². The molecule has 2 aliphatic heterocycles. The highest BCUT2D eigenvalue weighted by Crippen LogP contribution is 2.31. The normalized spacial score (nSPS) is 19.8. The van der Waals surface area contributed by atoms with Crippen molar-refractivity contribution in [2.24, 2.45) is 5.92 Å². The van der Waals surface area contributed by atoms with Crippen LogP contribution in [0.15, 0.2) is 91.5 Å². The topological polar surface area (TPSA) is 114 Å². The number of nitrogens with zero attached hydrogens (tertiary/aromatic N) is 4. The van der Waals surface area contributed by atoms with E-state index in [1.807, 2.05) is 42.5 Å². The zero-order chi connectivity index (χ0) is 32.9. The number of hydrogen-bond donors (Lipinski definition) is 2. The first-order chi connectivity index (χ1) is 22.8. The summed E-state index contributed by atoms with van der Waals surface area (Å²) in [5.41, 5.74) is 3.12. The third kappa shape index (κ3) is 7.55. The van der Waals surface area contributed by atoms with Crippen molar-refractivity contribution in [3.63, 3.8) is 0 Å². The van der Waals surface area contributed by atoms with Gasteiger partial charge in [-0.25, -0.2) is 10.0 Å². The maximum atomic E-state index is 14.3. The smallest absolute Gasteiger partial charge is 0.251 e. The largest absolute Gasteiger partial charge is 0.508 e. The summed E-state index contributed by atoms with van der Waals surface area (Å²) in [5.74, 6) is -0.110. The number of hydrazine groups is 1. The molecule has 2 heterocycles. The third-order valence-corrected chi connectivity index (χ3v) is 9.07. The van der Waals surface area contributed by atoms with Crippen LogP contribution < -0.4 is 5.32 Å². The van der Waals surface area contributed by atoms with Crippen LogP contribution in [0, 0.1) is 5.92 Å². The summed E-state index contributed by atoms with van der Waals surface area (Å²) >= 11 is 0. The van der Waals surface area contributed by atoms with Crippen LogP contribution in [0.1, 0.15) is 46.3 Å². The molecule has 2 saturated heterocycles. The molecule has 2 N–H and O–H groups in total. The van der Waals surface area contributed by atoms with Gasteiger partial charge in [0.05, 0.1) is 13.1 Å². The van der Waals surface area contributed by atoms with Crippen LogP contribution in [0.5, 0.6) is 5.75 Å². The minimum absolute atomic E-state index is 0.0586. The van der Waals surface area contributed by atoms with Crippen LogP contribution in [0.3, 0.4) is 0 Å². The molecule has 3 aromatic carbocycles. The van der Waals surface area contributed by atoms with Crippen molar-refractivity contribution in [1.82, 2.24) is 25.1 Å². The number of aryl methyl sites for hydroxylation is 1. The maximum Gasteiger partial charge on any atom is 0.251 e. The molecule has 3 aliphatic rings. The molecular weight excluding hydrogens is 594 g/mol. The lowest BCUT2D eigenvalue weighted by molar-refractivity contribution is -0.205. The van der Waals surface area contributed by atoms with Crippen molar-refractivity contribution in [2.75, 3.05) is 26.2 Å². The standard InChI is InChI=1S/C37H41N5O5/c1-2-19-40-25-35(45)41-32(21-27-13-16-31(43)17-14-27)37(47)39(23-29-9-6-10-30(20-29)36(46)38-22-28-11-12-28)24-33(41)42(40)34(44)18-15-26-7-4-3-5-8-26/h2-10,13-14,16-17,20,28,32-33,43H,1,11-12,15,18-19,21-25H2,(H,38,46)/t32-,33-/m0/s1. The van der Waals surface area contributed by atoms with Crippen LogP contribution in [0.25, 0.3) is 0 Å². The number of piperazine rings is 1. The van der Waals surface area contributed by atoms with Gasteiger partial charge in [-0.15, -0.1) is 6.58 Å². The van der Waals surface area contributed by atoms with E-state index in [1.54, 1.807) is 62.3 Å². The van der Waals surface area contributed by atoms with Crippen molar-refractivity contribution in [3.8, 4) is 5.75 Å². The number of benzene rings is 3. The molecule has 3 aromatic rings. The fraction of sp³-hybridized carbons (Fsp3) is 0.351. The molecule has 1 saturated carbocycles. The van der Waals surface area contributed by atoms with E-state index < -0.39 is 12.2 Å². The summed E-state index contributed by atoms with van der Waals surface area (Å²) in [6.07, 6.45) is 4.19. The summed E-state index contributed by atoms with van der Waals surface area (Å²) in [4.78, 5) is 58.2. The molecule has 244 valence electrons. The second-order valence-electron chi connectivity index (χ2n) is 12.6. The third-order valence-electron chi connectivity index (χ3n) is 9.07. The van der Waals surface area contributed by atoms with Gasteiger partial charge in [-0.2, -0.15) is 0 Å². The van der Waals surface area contributed by atoms with Gasteiger partial charge >= 0.3 is 0 Å². The van der Waals surface area contributed by atoms with Crippen LogP contribution >= 0.6 is 0 Å². The quantitative estimate of drug-likeness (QED) is 0.295. The fourth-order valence-corrected chi connectivity index (χ4v) is 6.46. The van der Waals surface area contributed by atoms with Gasteiger partial charge in [0.25, 0.3) is 5.91 Å². The van der Waals surface area contributed by atoms with Crippen LogP contribution in [-0.4, -0.2) is 86.9 Å². The first kappa shape index (κ1) is 32.0. The van der Waals surface area contributed by atoms with E-state index in [4.69, 9.17) is 0 Å². The number of nitrogens with one attached hydrogen (secondary N) is 1. The Morgan fingerprint density at radius 2 is 1.68 bits per heavy atom. The minimum atomic E-state index is -0.869. The molecular formula is C37H41N5O5. The van der Waals surface area contributed by atoms with Crippen LogP contribution in [0.4, 0.5) is 0 Å². The van der Waals surface area contributed by atoms with Gasteiger partial charge in [-0.3, -0.25) is 19.2 Å². The lowest BCUT2D eigenvalue weighted by Crippen LogP contribution is -2.75. The highest BCUT2D eigenvalue weighted by molar-refractivity contribution is 5.94. The molecule has 6 rings (SSSR count). The Bertz CT molecular complexity index is 1620. The predicted octanol–water partition coefficient (Wildman–Crippen LogP) is 3.52. The lowest BCUT2D eigenvalue weighted by atomic mass is 9.97. The van der Waals surface area contributed by atoms with Crippen LogP contribution in [-0.2, 0) is 33.8 Å². The summed E-state index contributed by atoms with van der Waals surface area (Å²) in [6, 6.07) is 22.8. The molecule has 0 unspecified atom stereocenters. The molecule has 0 bridgehead atoms. The molecule has 0 aromatic heterocycles. The number of carbonyl (C=O) groups is 4. The van der Waals surface area contributed by atoms with Crippen molar-refractivity contribution in [2.45, 2.75) is 50.9 Å². The van der Waals surface area contributed by atoms with Crippen LogP contribution in [0.2, 0.25) is 0 Å². The van der Waals surface area contributed by atoms with Gasteiger partial charge in [-0.05, 0) is 66.1 Å². The molecule has 4 amide bonds. The number of rotatable bonds is 12. The molecule has 10 heteroatoms. The molecule has 0 spiro atoms. The van der Waals surface area contributed by atoms with E-state index in [1.165, 1.54) is 0 Å². The Hall–Kier alpha value is -4.96. The second kappa shape index (κ2) is 14.2. The second-order valence-corrected chi connectivity index (χ2v) is 12.6. The van der Waals surface area contributed by atoms with E-state index in [0.29, 0.717) is 31.0 Å². The number of amides is 4. The number of phenolic OH excluding ortho intramolecular Hbond substituents is 1. The van der Waals surface area contributed by atoms with Gasteiger partial charge in [0, 0.05) is 38.0 Å². The van der Waals surface area contributed by atoms with Crippen molar-refractivity contribution >= 4 is 23.6 Å². The van der Waals surface area contributed by atoms with E-state index in [0.717, 1.165) is 29.5 Å². The van der Waals surface area contributed by atoms with E-state index in [-0.39, 0.29) is 61.9 Å². The molecule has 2 atom stereocenters. The minimum Gasteiger partial charge on any atom is -0.508 e. The highest BCUT2D eigenvalue weighted by atomic mass is 16.3.